The second-order valence-electron chi connectivity index (χ2n) is 8.20. The van der Waals surface area contributed by atoms with Gasteiger partial charge in [0, 0.05) is 23.1 Å². The molecular weight excluding hydrogens is 429 g/mol. The molecule has 5 rings (SSSR count). The van der Waals surface area contributed by atoms with Crippen LogP contribution in [0.25, 0.3) is 16.4 Å². The van der Waals surface area contributed by atoms with Crippen molar-refractivity contribution >= 4 is 23.0 Å². The quantitative estimate of drug-likeness (QED) is 0.418. The fraction of sp³-hybridized carbons (Fsp3) is 0.364. The summed E-state index contributed by atoms with van der Waals surface area (Å²) in [4.78, 5) is 13.6. The molecule has 1 fully saturated rings. The van der Waals surface area contributed by atoms with Crippen LogP contribution >= 0.6 is 11.3 Å². The Labute approximate surface area is 189 Å². The van der Waals surface area contributed by atoms with Gasteiger partial charge in [-0.25, -0.2) is 24.0 Å². The number of aromatic nitrogens is 6. The van der Waals surface area contributed by atoms with Gasteiger partial charge < -0.3 is 14.6 Å². The zero-order chi connectivity index (χ0) is 22.3. The Morgan fingerprint density at radius 3 is 2.81 bits per heavy atom. The van der Waals surface area contributed by atoms with E-state index in [0.717, 1.165) is 40.7 Å². The number of thiazole rings is 1. The first kappa shape index (κ1) is 20.6. The number of halogens is 1. The lowest BCUT2D eigenvalue weighted by Crippen LogP contribution is -2.08. The number of anilines is 2. The van der Waals surface area contributed by atoms with E-state index in [4.69, 9.17) is 4.74 Å². The number of rotatable bonds is 8. The van der Waals surface area contributed by atoms with Gasteiger partial charge in [-0.1, -0.05) is 6.92 Å². The molecule has 10 heteroatoms. The molecule has 0 aromatic carbocycles. The summed E-state index contributed by atoms with van der Waals surface area (Å²) in [6, 6.07) is 5.86. The lowest BCUT2D eigenvalue weighted by molar-refractivity contribution is 0.396. The van der Waals surface area contributed by atoms with Crippen LogP contribution in [-0.4, -0.2) is 43.1 Å². The van der Waals surface area contributed by atoms with Crippen LogP contribution in [0.5, 0.6) is 5.88 Å². The number of alkyl halides is 1. The number of hydrogen-bond acceptors (Lipinski definition) is 7. The number of methoxy groups -OCH3 is 1. The normalized spacial score (nSPS) is 14.5. The zero-order valence-corrected chi connectivity index (χ0v) is 19.0. The van der Waals surface area contributed by atoms with Crippen LogP contribution in [-0.2, 0) is 12.0 Å². The average Bonchev–Trinajstić information content (AvgIpc) is 3.17. The van der Waals surface area contributed by atoms with Crippen LogP contribution in [0, 0.1) is 6.92 Å². The summed E-state index contributed by atoms with van der Waals surface area (Å²) in [5.41, 5.74) is 3.55. The molecule has 32 heavy (non-hydrogen) atoms. The average molecular weight is 454 g/mol. The summed E-state index contributed by atoms with van der Waals surface area (Å²) in [5.74, 6) is 1.92. The van der Waals surface area contributed by atoms with Gasteiger partial charge >= 0.3 is 0 Å². The highest BCUT2D eigenvalue weighted by Gasteiger charge is 2.41. The van der Waals surface area contributed by atoms with Crippen molar-refractivity contribution in [1.82, 2.24) is 29.3 Å². The zero-order valence-electron chi connectivity index (χ0n) is 18.2. The molecule has 0 unspecified atom stereocenters. The molecule has 0 saturated heterocycles. The first-order valence-corrected chi connectivity index (χ1v) is 11.3. The van der Waals surface area contributed by atoms with E-state index in [0.29, 0.717) is 17.4 Å². The van der Waals surface area contributed by atoms with Gasteiger partial charge in [0.1, 0.15) is 34.7 Å². The summed E-state index contributed by atoms with van der Waals surface area (Å²) in [6.45, 7) is 3.86. The number of imidazole rings is 1. The first-order chi connectivity index (χ1) is 15.5. The topological polar surface area (TPSA) is 82.7 Å². The smallest absolute Gasteiger partial charge is 0.238 e. The Bertz CT molecular complexity index is 1260. The molecule has 0 atom stereocenters. The molecular formula is C22H24FN7OS. The highest BCUT2D eigenvalue weighted by Crippen LogP contribution is 2.47. The molecule has 0 bridgehead atoms. The molecule has 0 amide bonds. The summed E-state index contributed by atoms with van der Waals surface area (Å²) >= 11 is 1.48. The minimum Gasteiger partial charge on any atom is -0.479 e. The summed E-state index contributed by atoms with van der Waals surface area (Å²) in [6.07, 6.45) is 5.88. The number of ether oxygens (including phenoxy) is 1. The van der Waals surface area contributed by atoms with Gasteiger partial charge in [0.15, 0.2) is 0 Å². The van der Waals surface area contributed by atoms with Crippen LogP contribution in [0.3, 0.4) is 0 Å². The van der Waals surface area contributed by atoms with Gasteiger partial charge in [0.05, 0.1) is 31.4 Å². The summed E-state index contributed by atoms with van der Waals surface area (Å²) < 4.78 is 22.1. The molecule has 4 heterocycles. The third-order valence-electron chi connectivity index (χ3n) is 5.70. The molecule has 0 spiro atoms. The minimum atomic E-state index is -0.471. The van der Waals surface area contributed by atoms with E-state index >= 15 is 0 Å². The molecule has 1 N–H and O–H groups in total. The van der Waals surface area contributed by atoms with E-state index in [1.807, 2.05) is 41.3 Å². The van der Waals surface area contributed by atoms with Crippen molar-refractivity contribution in [2.75, 3.05) is 19.1 Å². The van der Waals surface area contributed by atoms with Crippen LogP contribution in [0.1, 0.15) is 31.2 Å². The largest absolute Gasteiger partial charge is 0.479 e. The van der Waals surface area contributed by atoms with E-state index in [1.54, 1.807) is 18.1 Å². The van der Waals surface area contributed by atoms with E-state index in [2.05, 4.69) is 32.3 Å². The Balaban J connectivity index is 1.40. The fourth-order valence-corrected chi connectivity index (χ4v) is 4.26. The maximum atomic E-state index is 13.0. The second-order valence-corrected chi connectivity index (χ2v) is 9.06. The van der Waals surface area contributed by atoms with Crippen LogP contribution < -0.4 is 10.1 Å². The third kappa shape index (κ3) is 3.86. The first-order valence-electron chi connectivity index (χ1n) is 10.4. The van der Waals surface area contributed by atoms with E-state index in [9.17, 15) is 4.39 Å². The van der Waals surface area contributed by atoms with Crippen molar-refractivity contribution in [1.29, 1.82) is 0 Å². The Kier molecular flexibility index (Phi) is 5.16. The van der Waals surface area contributed by atoms with Crippen molar-refractivity contribution in [3.8, 4) is 22.3 Å². The highest BCUT2D eigenvalue weighted by atomic mass is 32.1. The highest BCUT2D eigenvalue weighted by molar-refractivity contribution is 7.13. The summed E-state index contributed by atoms with van der Waals surface area (Å²) in [5, 5.41) is 10.6. The van der Waals surface area contributed by atoms with E-state index in [-0.39, 0.29) is 12.0 Å². The molecule has 1 aliphatic carbocycles. The van der Waals surface area contributed by atoms with Gasteiger partial charge in [-0.3, -0.25) is 0 Å². The van der Waals surface area contributed by atoms with Gasteiger partial charge in [-0.15, -0.1) is 11.3 Å². The van der Waals surface area contributed by atoms with Gasteiger partial charge in [-0.05, 0) is 31.9 Å². The van der Waals surface area contributed by atoms with Crippen LogP contribution in [0.2, 0.25) is 0 Å². The minimum absolute atomic E-state index is 0.112. The predicted octanol–water partition coefficient (Wildman–Crippen LogP) is 4.67. The maximum Gasteiger partial charge on any atom is 0.238 e. The fourth-order valence-electron chi connectivity index (χ4n) is 3.54. The second kappa shape index (κ2) is 8.01. The summed E-state index contributed by atoms with van der Waals surface area (Å²) in [7, 11) is 1.60. The van der Waals surface area contributed by atoms with Crippen LogP contribution in [0.4, 0.5) is 16.0 Å². The number of nitrogens with zero attached hydrogens (tertiary/aromatic N) is 6. The molecule has 4 aromatic rings. The van der Waals surface area contributed by atoms with Crippen molar-refractivity contribution in [2.45, 2.75) is 38.6 Å². The Morgan fingerprint density at radius 1 is 1.28 bits per heavy atom. The maximum absolute atomic E-state index is 13.0. The molecule has 8 nitrogen and oxygen atoms in total. The number of hydrogen-bond donors (Lipinski definition) is 1. The SMILES string of the molecule is COc1nc(-c2nc(Nc3cc(C4(C)CC4)nn3CCF)cs2)ccc1-n1cnc(C)c1. The molecule has 1 saturated carbocycles. The molecule has 1 aliphatic rings. The molecule has 0 aliphatic heterocycles. The number of aryl methyl sites for hydroxylation is 2. The van der Waals surface area contributed by atoms with Crippen LogP contribution in [0.15, 0.2) is 36.1 Å². The Hall–Kier alpha value is -3.27. The molecule has 4 aromatic heterocycles. The Morgan fingerprint density at radius 2 is 2.12 bits per heavy atom. The van der Waals surface area contributed by atoms with Crippen molar-refractivity contribution in [2.24, 2.45) is 0 Å². The van der Waals surface area contributed by atoms with Gasteiger partial charge in [-0.2, -0.15) is 5.10 Å². The van der Waals surface area contributed by atoms with E-state index < -0.39 is 6.67 Å². The van der Waals surface area contributed by atoms with E-state index in [1.165, 1.54) is 11.3 Å². The number of nitrogens with one attached hydrogen (secondary N) is 1. The lowest BCUT2D eigenvalue weighted by atomic mass is 10.1. The monoisotopic (exact) mass is 453 g/mol. The van der Waals surface area contributed by atoms with Gasteiger partial charge in [0.2, 0.25) is 5.88 Å². The van der Waals surface area contributed by atoms with Gasteiger partial charge in [0.25, 0.3) is 0 Å². The van der Waals surface area contributed by atoms with Crippen molar-refractivity contribution in [3.63, 3.8) is 0 Å². The van der Waals surface area contributed by atoms with Crippen molar-refractivity contribution < 1.29 is 9.13 Å². The number of pyridine rings is 1. The molecule has 0 radical (unpaired) electrons. The lowest BCUT2D eigenvalue weighted by Gasteiger charge is -2.09. The van der Waals surface area contributed by atoms with Crippen molar-refractivity contribution in [3.05, 3.63) is 47.5 Å². The molecule has 166 valence electrons. The third-order valence-corrected chi connectivity index (χ3v) is 6.56. The predicted molar refractivity (Wildman–Crippen MR) is 122 cm³/mol. The standard InChI is InChI=1S/C22H24FN7OS/c1-14-11-29(13-24-14)16-5-4-15(25-20(16)31-3)21-27-18(12-32-21)26-19-10-17(22(2)6-7-22)28-30(19)9-8-23/h4-5,10-13,26H,6-9H2,1-3H3.